The molecular formula is C18H16F3NO2. The average molecular weight is 335 g/mol. The number of halogens is 3. The van der Waals surface area contributed by atoms with E-state index in [0.29, 0.717) is 11.3 Å². The maximum atomic E-state index is 12.3. The van der Waals surface area contributed by atoms with Gasteiger partial charge in [-0.15, -0.1) is 13.2 Å². The quantitative estimate of drug-likeness (QED) is 0.882. The molecule has 0 saturated carbocycles. The van der Waals surface area contributed by atoms with Crippen LogP contribution in [-0.2, 0) is 12.8 Å². The number of aryl methyl sites for hydroxylation is 2. The molecule has 2 aromatic rings. The van der Waals surface area contributed by atoms with Gasteiger partial charge in [0.15, 0.2) is 0 Å². The van der Waals surface area contributed by atoms with Crippen molar-refractivity contribution in [1.29, 1.82) is 0 Å². The number of amides is 1. The minimum atomic E-state index is -4.73. The molecular weight excluding hydrogens is 319 g/mol. The lowest BCUT2D eigenvalue weighted by Crippen LogP contribution is -2.17. The third-order valence-corrected chi connectivity index (χ3v) is 3.96. The van der Waals surface area contributed by atoms with Crippen LogP contribution < -0.4 is 10.1 Å². The van der Waals surface area contributed by atoms with E-state index in [0.717, 1.165) is 31.4 Å². The van der Waals surface area contributed by atoms with Crippen LogP contribution in [0.1, 0.15) is 34.3 Å². The zero-order chi connectivity index (χ0) is 17.2. The zero-order valence-corrected chi connectivity index (χ0v) is 12.8. The van der Waals surface area contributed by atoms with Gasteiger partial charge in [0, 0.05) is 11.3 Å². The highest BCUT2D eigenvalue weighted by Gasteiger charge is 2.30. The van der Waals surface area contributed by atoms with Gasteiger partial charge in [-0.05, 0) is 73.2 Å². The van der Waals surface area contributed by atoms with Gasteiger partial charge in [0.1, 0.15) is 5.75 Å². The fraction of sp³-hybridized carbons (Fsp3) is 0.278. The number of anilines is 1. The van der Waals surface area contributed by atoms with Crippen molar-refractivity contribution >= 4 is 11.6 Å². The molecule has 0 aromatic heterocycles. The van der Waals surface area contributed by atoms with Crippen molar-refractivity contribution in [2.75, 3.05) is 5.32 Å². The lowest BCUT2D eigenvalue weighted by atomic mass is 9.90. The summed E-state index contributed by atoms with van der Waals surface area (Å²) in [7, 11) is 0. The first-order valence-corrected chi connectivity index (χ1v) is 7.70. The van der Waals surface area contributed by atoms with E-state index in [2.05, 4.69) is 10.1 Å². The van der Waals surface area contributed by atoms with Gasteiger partial charge in [0.2, 0.25) is 0 Å². The van der Waals surface area contributed by atoms with Crippen LogP contribution in [0.2, 0.25) is 0 Å². The zero-order valence-electron chi connectivity index (χ0n) is 12.8. The van der Waals surface area contributed by atoms with E-state index in [1.807, 2.05) is 12.1 Å². The summed E-state index contributed by atoms with van der Waals surface area (Å²) in [5, 5.41) is 2.68. The number of nitrogens with one attached hydrogen (secondary N) is 1. The van der Waals surface area contributed by atoms with E-state index >= 15 is 0 Å². The second kappa shape index (κ2) is 6.55. The molecule has 6 heteroatoms. The summed E-state index contributed by atoms with van der Waals surface area (Å²) >= 11 is 0. The minimum absolute atomic E-state index is 0.284. The van der Waals surface area contributed by atoms with Gasteiger partial charge >= 0.3 is 6.36 Å². The number of carbonyl (C=O) groups excluding carboxylic acids is 1. The lowest BCUT2D eigenvalue weighted by molar-refractivity contribution is -0.274. The summed E-state index contributed by atoms with van der Waals surface area (Å²) in [6.45, 7) is 0. The number of rotatable bonds is 3. The Morgan fingerprint density at radius 1 is 0.958 bits per heavy atom. The number of benzene rings is 2. The van der Waals surface area contributed by atoms with Crippen LogP contribution in [0.4, 0.5) is 18.9 Å². The summed E-state index contributed by atoms with van der Waals surface area (Å²) in [5.74, 6) is -0.609. The van der Waals surface area contributed by atoms with E-state index in [4.69, 9.17) is 0 Å². The Bertz CT molecular complexity index is 739. The van der Waals surface area contributed by atoms with Crippen LogP contribution >= 0.6 is 0 Å². The molecule has 24 heavy (non-hydrogen) atoms. The summed E-state index contributed by atoms with van der Waals surface area (Å²) in [4.78, 5) is 12.3. The van der Waals surface area contributed by atoms with Crippen LogP contribution in [0.15, 0.2) is 42.5 Å². The predicted octanol–water partition coefficient (Wildman–Crippen LogP) is 4.72. The van der Waals surface area contributed by atoms with Crippen LogP contribution in [0.25, 0.3) is 0 Å². The summed E-state index contributed by atoms with van der Waals surface area (Å²) < 4.78 is 40.2. The molecule has 1 N–H and O–H groups in total. The SMILES string of the molecule is O=C(Nc1ccc(OC(F)(F)F)cc1)c1ccc2c(c1)CCCC2. The van der Waals surface area contributed by atoms with Crippen molar-refractivity contribution in [2.24, 2.45) is 0 Å². The Morgan fingerprint density at radius 2 is 1.62 bits per heavy atom. The van der Waals surface area contributed by atoms with Gasteiger partial charge in [0.05, 0.1) is 0 Å². The first kappa shape index (κ1) is 16.4. The van der Waals surface area contributed by atoms with Crippen molar-refractivity contribution in [1.82, 2.24) is 0 Å². The third-order valence-electron chi connectivity index (χ3n) is 3.96. The van der Waals surface area contributed by atoms with Crippen LogP contribution in [0, 0.1) is 0 Å². The highest BCUT2D eigenvalue weighted by Crippen LogP contribution is 2.25. The topological polar surface area (TPSA) is 38.3 Å². The number of hydrogen-bond donors (Lipinski definition) is 1. The molecule has 0 unspecified atom stereocenters. The van der Waals surface area contributed by atoms with Gasteiger partial charge in [0.25, 0.3) is 5.91 Å². The fourth-order valence-corrected chi connectivity index (χ4v) is 2.82. The number of ether oxygens (including phenoxy) is 1. The number of hydrogen-bond acceptors (Lipinski definition) is 2. The van der Waals surface area contributed by atoms with Crippen molar-refractivity contribution in [3.8, 4) is 5.75 Å². The van der Waals surface area contributed by atoms with E-state index in [-0.39, 0.29) is 11.7 Å². The van der Waals surface area contributed by atoms with Gasteiger partial charge in [-0.3, -0.25) is 4.79 Å². The first-order chi connectivity index (χ1) is 11.4. The van der Waals surface area contributed by atoms with Crippen molar-refractivity contribution < 1.29 is 22.7 Å². The second-order valence-corrected chi connectivity index (χ2v) is 5.72. The van der Waals surface area contributed by atoms with E-state index in [9.17, 15) is 18.0 Å². The molecule has 1 amide bonds. The van der Waals surface area contributed by atoms with Crippen LogP contribution in [0.5, 0.6) is 5.75 Å². The Labute approximate surface area is 137 Å². The molecule has 2 aromatic carbocycles. The summed E-state index contributed by atoms with van der Waals surface area (Å²) in [6.07, 6.45) is -0.421. The van der Waals surface area contributed by atoms with Crippen molar-refractivity contribution in [3.05, 3.63) is 59.2 Å². The Hall–Kier alpha value is -2.50. The van der Waals surface area contributed by atoms with Gasteiger partial charge < -0.3 is 10.1 Å². The minimum Gasteiger partial charge on any atom is -0.406 e. The van der Waals surface area contributed by atoms with E-state index < -0.39 is 6.36 Å². The number of carbonyl (C=O) groups is 1. The Morgan fingerprint density at radius 3 is 2.29 bits per heavy atom. The molecule has 0 atom stereocenters. The van der Waals surface area contributed by atoms with Crippen LogP contribution in [-0.4, -0.2) is 12.3 Å². The summed E-state index contributed by atoms with van der Waals surface area (Å²) in [5.41, 5.74) is 3.44. The number of fused-ring (bicyclic) bond motifs is 1. The monoisotopic (exact) mass is 335 g/mol. The molecule has 1 aliphatic carbocycles. The standard InChI is InChI=1S/C18H16F3NO2/c19-18(20,21)24-16-9-7-15(8-10-16)22-17(23)14-6-5-12-3-1-2-4-13(12)11-14/h5-11H,1-4H2,(H,22,23). The molecule has 0 fully saturated rings. The molecule has 0 aliphatic heterocycles. The molecule has 0 bridgehead atoms. The number of alkyl halides is 3. The molecule has 0 saturated heterocycles. The fourth-order valence-electron chi connectivity index (χ4n) is 2.82. The second-order valence-electron chi connectivity index (χ2n) is 5.72. The molecule has 1 aliphatic rings. The maximum Gasteiger partial charge on any atom is 0.573 e. The molecule has 3 nitrogen and oxygen atoms in total. The first-order valence-electron chi connectivity index (χ1n) is 7.70. The molecule has 0 heterocycles. The van der Waals surface area contributed by atoms with Gasteiger partial charge in [-0.2, -0.15) is 0 Å². The largest absolute Gasteiger partial charge is 0.573 e. The van der Waals surface area contributed by atoms with Gasteiger partial charge in [-0.1, -0.05) is 6.07 Å². The summed E-state index contributed by atoms with van der Waals surface area (Å²) in [6, 6.07) is 10.7. The van der Waals surface area contributed by atoms with Crippen molar-refractivity contribution in [2.45, 2.75) is 32.0 Å². The van der Waals surface area contributed by atoms with Crippen molar-refractivity contribution in [3.63, 3.8) is 0 Å². The molecule has 126 valence electrons. The van der Waals surface area contributed by atoms with Crippen LogP contribution in [0.3, 0.4) is 0 Å². The Kier molecular flexibility index (Phi) is 4.46. The predicted molar refractivity (Wildman–Crippen MR) is 84.2 cm³/mol. The Balaban J connectivity index is 1.68. The van der Waals surface area contributed by atoms with E-state index in [1.165, 1.54) is 29.7 Å². The van der Waals surface area contributed by atoms with Gasteiger partial charge in [-0.25, -0.2) is 0 Å². The third kappa shape index (κ3) is 4.07. The normalized spacial score (nSPS) is 14.0. The molecule has 3 rings (SSSR count). The average Bonchev–Trinajstić information content (AvgIpc) is 2.55. The smallest absolute Gasteiger partial charge is 0.406 e. The van der Waals surface area contributed by atoms with E-state index in [1.54, 1.807) is 6.07 Å². The maximum absolute atomic E-state index is 12.3. The molecule has 0 spiro atoms. The molecule has 0 radical (unpaired) electrons. The highest BCUT2D eigenvalue weighted by molar-refractivity contribution is 6.04. The lowest BCUT2D eigenvalue weighted by Gasteiger charge is -2.16. The highest BCUT2D eigenvalue weighted by atomic mass is 19.4.